The highest BCUT2D eigenvalue weighted by molar-refractivity contribution is 5.90. The Labute approximate surface area is 92.5 Å². The van der Waals surface area contributed by atoms with Crippen LogP contribution in [-0.2, 0) is 5.41 Å². The van der Waals surface area contributed by atoms with E-state index in [0.29, 0.717) is 0 Å². The largest absolute Gasteiger partial charge is 0.478 e. The molecule has 84 valence electrons. The van der Waals surface area contributed by atoms with Crippen molar-refractivity contribution in [3.05, 3.63) is 29.3 Å². The Bertz CT molecular complexity index is 482. The average molecular weight is 221 g/mol. The summed E-state index contributed by atoms with van der Waals surface area (Å²) in [6.07, 6.45) is 0.710. The number of halogens is 1. The smallest absolute Gasteiger partial charge is 0.335 e. The maximum absolute atomic E-state index is 14.1. The molecule has 2 aliphatic rings. The van der Waals surface area contributed by atoms with Gasteiger partial charge in [-0.25, -0.2) is 9.18 Å². The number of benzene rings is 1. The Balaban J connectivity index is 2.15. The Kier molecular flexibility index (Phi) is 1.66. The molecule has 1 N–H and O–H groups in total. The Morgan fingerprint density at radius 1 is 1.56 bits per heavy atom. The molecule has 0 bridgehead atoms. The van der Waals surface area contributed by atoms with Crippen LogP contribution in [0.5, 0.6) is 0 Å². The first-order valence-electron chi connectivity index (χ1n) is 5.31. The van der Waals surface area contributed by atoms with Gasteiger partial charge < -0.3 is 10.0 Å². The van der Waals surface area contributed by atoms with E-state index in [1.54, 1.807) is 30.1 Å². The first kappa shape index (κ1) is 9.63. The van der Waals surface area contributed by atoms with Crippen molar-refractivity contribution in [2.24, 2.45) is 0 Å². The maximum atomic E-state index is 14.1. The molecular formula is C12H12FNO2. The van der Waals surface area contributed by atoms with E-state index >= 15 is 0 Å². The van der Waals surface area contributed by atoms with E-state index in [9.17, 15) is 9.18 Å². The van der Waals surface area contributed by atoms with Crippen molar-refractivity contribution in [2.45, 2.75) is 24.6 Å². The van der Waals surface area contributed by atoms with Crippen molar-refractivity contribution in [1.82, 2.24) is 0 Å². The zero-order valence-electron chi connectivity index (χ0n) is 8.90. The average Bonchev–Trinajstić information content (AvgIpc) is 3.04. The van der Waals surface area contributed by atoms with Crippen molar-refractivity contribution < 1.29 is 14.3 Å². The van der Waals surface area contributed by atoms with Crippen LogP contribution in [0.1, 0.15) is 28.8 Å². The van der Waals surface area contributed by atoms with Crippen LogP contribution in [0, 0.1) is 0 Å². The number of carboxylic acid groups (broad SMARTS) is 1. The highest BCUT2D eigenvalue weighted by Gasteiger charge is 2.58. The summed E-state index contributed by atoms with van der Waals surface area (Å²) in [4.78, 5) is 12.4. The lowest BCUT2D eigenvalue weighted by molar-refractivity contribution is 0.0697. The number of anilines is 1. The molecule has 1 saturated carbocycles. The number of rotatable bonds is 1. The third-order valence-corrected chi connectivity index (χ3v) is 3.75. The lowest BCUT2D eigenvalue weighted by Crippen LogP contribution is -2.29. The van der Waals surface area contributed by atoms with Crippen molar-refractivity contribution in [2.75, 3.05) is 11.9 Å². The highest BCUT2D eigenvalue weighted by Crippen LogP contribution is 2.60. The van der Waals surface area contributed by atoms with E-state index < -0.39 is 12.3 Å². The summed E-state index contributed by atoms with van der Waals surface area (Å²) in [5.74, 6) is -0.969. The van der Waals surface area contributed by atoms with Crippen LogP contribution in [0.3, 0.4) is 0 Å². The van der Waals surface area contributed by atoms with Gasteiger partial charge in [-0.3, -0.25) is 0 Å². The quantitative estimate of drug-likeness (QED) is 0.739. The second-order valence-corrected chi connectivity index (χ2v) is 4.64. The van der Waals surface area contributed by atoms with Gasteiger partial charge in [-0.15, -0.1) is 0 Å². The van der Waals surface area contributed by atoms with E-state index in [1.807, 2.05) is 0 Å². The van der Waals surface area contributed by atoms with Gasteiger partial charge in [-0.05, 0) is 30.5 Å². The fourth-order valence-corrected chi connectivity index (χ4v) is 2.64. The van der Waals surface area contributed by atoms with Crippen LogP contribution in [0.4, 0.5) is 10.1 Å². The van der Waals surface area contributed by atoms with Gasteiger partial charge in [0.05, 0.1) is 5.56 Å². The van der Waals surface area contributed by atoms with Crippen LogP contribution < -0.4 is 4.90 Å². The molecule has 1 unspecified atom stereocenters. The summed E-state index contributed by atoms with van der Waals surface area (Å²) in [5.41, 5.74) is 1.56. The number of aromatic carboxylic acids is 1. The minimum Gasteiger partial charge on any atom is -0.478 e. The van der Waals surface area contributed by atoms with Crippen LogP contribution >= 0.6 is 0 Å². The number of likely N-dealkylation sites (N-methyl/N-ethyl adjacent to an activating group) is 1. The number of carboxylic acids is 1. The summed E-state index contributed by atoms with van der Waals surface area (Å²) in [6, 6.07) is 4.90. The summed E-state index contributed by atoms with van der Waals surface area (Å²) in [7, 11) is 1.68. The number of carbonyl (C=O) groups is 1. The van der Waals surface area contributed by atoms with Crippen LogP contribution in [0.25, 0.3) is 0 Å². The Morgan fingerprint density at radius 2 is 2.25 bits per heavy atom. The van der Waals surface area contributed by atoms with Gasteiger partial charge in [0.1, 0.15) is 0 Å². The lowest BCUT2D eigenvalue weighted by atomic mass is 9.96. The van der Waals surface area contributed by atoms with Gasteiger partial charge in [0.25, 0.3) is 0 Å². The standard InChI is InChI=1S/C12H12FNO2/c1-14-9-6-7(10(15)16)2-3-8(9)12(4-5-12)11(14)13/h2-3,6,11H,4-5H2,1H3,(H,15,16). The van der Waals surface area contributed by atoms with E-state index in [0.717, 1.165) is 24.1 Å². The molecule has 3 nitrogen and oxygen atoms in total. The van der Waals surface area contributed by atoms with Crippen LogP contribution in [0.2, 0.25) is 0 Å². The molecule has 4 heteroatoms. The van der Waals surface area contributed by atoms with Gasteiger partial charge in [0.2, 0.25) is 0 Å². The summed E-state index contributed by atoms with van der Waals surface area (Å²) in [5, 5.41) is 8.90. The minimum atomic E-state index is -1.01. The van der Waals surface area contributed by atoms with Crippen molar-refractivity contribution in [1.29, 1.82) is 0 Å². The molecule has 1 spiro atoms. The summed E-state index contributed by atoms with van der Waals surface area (Å²) >= 11 is 0. The van der Waals surface area contributed by atoms with Crippen LogP contribution in [0.15, 0.2) is 18.2 Å². The number of hydrogen-bond donors (Lipinski definition) is 1. The SMILES string of the molecule is CN1c2cc(C(=O)O)ccc2C2(CC2)C1F. The van der Waals surface area contributed by atoms with Crippen molar-refractivity contribution in [3.8, 4) is 0 Å². The predicted octanol–water partition coefficient (Wildman–Crippen LogP) is 2.16. The fraction of sp³-hybridized carbons (Fsp3) is 0.417. The second-order valence-electron chi connectivity index (χ2n) is 4.64. The molecule has 0 saturated heterocycles. The molecule has 1 heterocycles. The van der Waals surface area contributed by atoms with Gasteiger partial charge in [0.15, 0.2) is 6.30 Å². The Morgan fingerprint density at radius 3 is 2.81 bits per heavy atom. The van der Waals surface area contributed by atoms with Gasteiger partial charge >= 0.3 is 5.97 Å². The van der Waals surface area contributed by atoms with E-state index in [-0.39, 0.29) is 11.0 Å². The molecular weight excluding hydrogens is 209 g/mol. The van der Waals surface area contributed by atoms with Crippen LogP contribution in [-0.4, -0.2) is 24.4 Å². The second kappa shape index (κ2) is 2.75. The topological polar surface area (TPSA) is 40.5 Å². The zero-order chi connectivity index (χ0) is 11.5. The maximum Gasteiger partial charge on any atom is 0.335 e. The molecule has 3 rings (SSSR count). The van der Waals surface area contributed by atoms with Crippen molar-refractivity contribution >= 4 is 11.7 Å². The summed E-state index contributed by atoms with van der Waals surface area (Å²) < 4.78 is 14.1. The zero-order valence-corrected chi connectivity index (χ0v) is 8.90. The molecule has 0 aromatic heterocycles. The number of alkyl halides is 1. The molecule has 1 aromatic carbocycles. The molecule has 16 heavy (non-hydrogen) atoms. The number of fused-ring (bicyclic) bond motifs is 2. The van der Waals surface area contributed by atoms with E-state index in [1.165, 1.54) is 0 Å². The third kappa shape index (κ3) is 0.991. The molecule has 1 aliphatic carbocycles. The number of nitrogens with zero attached hydrogens (tertiary/aromatic N) is 1. The van der Waals surface area contributed by atoms with Gasteiger partial charge in [-0.1, -0.05) is 6.07 Å². The molecule has 0 amide bonds. The van der Waals surface area contributed by atoms with E-state index in [2.05, 4.69) is 0 Å². The molecule has 1 aliphatic heterocycles. The predicted molar refractivity (Wildman–Crippen MR) is 57.6 cm³/mol. The fourth-order valence-electron chi connectivity index (χ4n) is 2.64. The first-order valence-corrected chi connectivity index (χ1v) is 5.31. The first-order chi connectivity index (χ1) is 7.56. The van der Waals surface area contributed by atoms with E-state index in [4.69, 9.17) is 5.11 Å². The highest BCUT2D eigenvalue weighted by atomic mass is 19.1. The van der Waals surface area contributed by atoms with Crippen molar-refractivity contribution in [3.63, 3.8) is 0 Å². The van der Waals surface area contributed by atoms with Gasteiger partial charge in [0, 0.05) is 18.2 Å². The molecule has 0 radical (unpaired) electrons. The monoisotopic (exact) mass is 221 g/mol. The Hall–Kier alpha value is -1.58. The molecule has 1 aromatic rings. The molecule has 1 fully saturated rings. The molecule has 1 atom stereocenters. The third-order valence-electron chi connectivity index (χ3n) is 3.75. The lowest BCUT2D eigenvalue weighted by Gasteiger charge is -2.18. The minimum absolute atomic E-state index is 0.218. The normalized spacial score (nSPS) is 24.6. The van der Waals surface area contributed by atoms with Gasteiger partial charge in [-0.2, -0.15) is 0 Å². The summed E-state index contributed by atoms with van der Waals surface area (Å²) in [6.45, 7) is 0. The number of hydrogen-bond acceptors (Lipinski definition) is 2.